The van der Waals surface area contributed by atoms with E-state index < -0.39 is 23.6 Å². The Labute approximate surface area is 150 Å². The van der Waals surface area contributed by atoms with Gasteiger partial charge in [-0.1, -0.05) is 23.4 Å². The lowest BCUT2D eigenvalue weighted by atomic mass is 10.3. The highest BCUT2D eigenvalue weighted by Crippen LogP contribution is 2.33. The molecular weight excluding hydrogens is 383 g/mol. The predicted octanol–water partition coefficient (Wildman–Crippen LogP) is 2.11. The number of nitrogens with one attached hydrogen (secondary N) is 1. The van der Waals surface area contributed by atoms with Gasteiger partial charge in [-0.15, -0.1) is 0 Å². The van der Waals surface area contributed by atoms with Gasteiger partial charge in [-0.2, -0.15) is 13.2 Å². The van der Waals surface area contributed by atoms with Crippen LogP contribution in [0.2, 0.25) is 5.02 Å². The number of hydrogen-bond acceptors (Lipinski definition) is 5. The van der Waals surface area contributed by atoms with E-state index in [1.165, 1.54) is 4.90 Å². The molecule has 0 saturated carbocycles. The van der Waals surface area contributed by atoms with Crippen molar-refractivity contribution in [3.8, 4) is 0 Å². The number of carbonyl (C=O) groups is 3. The third-order valence-electron chi connectivity index (χ3n) is 3.26. The number of likely N-dealkylation sites (tertiary alicyclic amines) is 1. The van der Waals surface area contributed by atoms with E-state index in [1.54, 1.807) is 0 Å². The van der Waals surface area contributed by atoms with Crippen LogP contribution in [0.25, 0.3) is 0 Å². The standard InChI is InChI=1S/C14H13ClF3N3O3S/c15-9-4-8(14(16,17)18)5-19-13(9)25-7-11(23)20-10(22)6-21-3-1-2-12(21)24/h4-5H,1-3,6-7H2,(H,20,22,23). The zero-order chi connectivity index (χ0) is 18.6. The van der Waals surface area contributed by atoms with Crippen molar-refractivity contribution in [1.82, 2.24) is 15.2 Å². The zero-order valence-corrected chi connectivity index (χ0v) is 14.3. The van der Waals surface area contributed by atoms with Crippen LogP contribution in [0.15, 0.2) is 17.3 Å². The fraction of sp³-hybridized carbons (Fsp3) is 0.429. The lowest BCUT2D eigenvalue weighted by molar-refractivity contribution is -0.138. The number of rotatable bonds is 5. The zero-order valence-electron chi connectivity index (χ0n) is 12.7. The van der Waals surface area contributed by atoms with E-state index in [1.807, 2.05) is 0 Å². The summed E-state index contributed by atoms with van der Waals surface area (Å²) in [5, 5.41) is 1.92. The highest BCUT2D eigenvalue weighted by atomic mass is 35.5. The third kappa shape index (κ3) is 5.60. The van der Waals surface area contributed by atoms with Gasteiger partial charge < -0.3 is 4.90 Å². The number of imide groups is 1. The molecule has 0 bridgehead atoms. The molecule has 0 aliphatic carbocycles. The molecule has 0 aromatic carbocycles. The first-order chi connectivity index (χ1) is 11.7. The largest absolute Gasteiger partial charge is 0.417 e. The van der Waals surface area contributed by atoms with E-state index in [0.29, 0.717) is 25.6 Å². The molecule has 1 aromatic rings. The fourth-order valence-electron chi connectivity index (χ4n) is 2.10. The van der Waals surface area contributed by atoms with Gasteiger partial charge in [-0.05, 0) is 12.5 Å². The molecule has 1 fully saturated rings. The average Bonchev–Trinajstić information content (AvgIpc) is 2.90. The number of carbonyl (C=O) groups excluding carboxylic acids is 3. The van der Waals surface area contributed by atoms with Crippen molar-refractivity contribution in [2.75, 3.05) is 18.8 Å². The Kier molecular flexibility index (Phi) is 6.28. The number of alkyl halides is 3. The molecular formula is C14H13ClF3N3O3S. The molecule has 1 aliphatic heterocycles. The summed E-state index contributed by atoms with van der Waals surface area (Å²) in [6.45, 7) is 0.273. The molecule has 0 radical (unpaired) electrons. The molecule has 0 atom stereocenters. The summed E-state index contributed by atoms with van der Waals surface area (Å²) in [7, 11) is 0. The van der Waals surface area contributed by atoms with Gasteiger partial charge in [0.05, 0.1) is 22.9 Å². The molecule has 1 aliphatic rings. The Bertz CT molecular complexity index is 700. The maximum Gasteiger partial charge on any atom is 0.417 e. The highest BCUT2D eigenvalue weighted by molar-refractivity contribution is 8.00. The van der Waals surface area contributed by atoms with Crippen molar-refractivity contribution in [3.63, 3.8) is 0 Å². The fourth-order valence-corrected chi connectivity index (χ4v) is 3.09. The van der Waals surface area contributed by atoms with Crippen molar-refractivity contribution in [3.05, 3.63) is 22.8 Å². The van der Waals surface area contributed by atoms with Gasteiger partial charge in [-0.3, -0.25) is 19.7 Å². The van der Waals surface area contributed by atoms with Gasteiger partial charge in [0, 0.05) is 19.2 Å². The second-order valence-corrected chi connectivity index (χ2v) is 6.56. The molecule has 1 N–H and O–H groups in total. The van der Waals surface area contributed by atoms with Crippen molar-refractivity contribution in [1.29, 1.82) is 0 Å². The van der Waals surface area contributed by atoms with E-state index in [2.05, 4.69) is 10.3 Å². The molecule has 11 heteroatoms. The van der Waals surface area contributed by atoms with Gasteiger partial charge in [0.2, 0.25) is 17.7 Å². The lowest BCUT2D eigenvalue weighted by Crippen LogP contribution is -2.41. The minimum Gasteiger partial charge on any atom is -0.333 e. The Hall–Kier alpha value is -1.81. The molecule has 0 spiro atoms. The van der Waals surface area contributed by atoms with Crippen molar-refractivity contribution >= 4 is 41.1 Å². The van der Waals surface area contributed by atoms with Gasteiger partial charge in [-0.25, -0.2) is 4.98 Å². The molecule has 2 heterocycles. The normalized spacial score (nSPS) is 14.7. The van der Waals surface area contributed by atoms with Gasteiger partial charge in [0.1, 0.15) is 5.03 Å². The summed E-state index contributed by atoms with van der Waals surface area (Å²) >= 11 is 6.53. The van der Waals surface area contributed by atoms with Crippen LogP contribution in [0.3, 0.4) is 0 Å². The first-order valence-electron chi connectivity index (χ1n) is 7.13. The Morgan fingerprint density at radius 3 is 2.64 bits per heavy atom. The Morgan fingerprint density at radius 1 is 1.36 bits per heavy atom. The molecule has 136 valence electrons. The summed E-state index contributed by atoms with van der Waals surface area (Å²) in [5.74, 6) is -1.66. The first-order valence-corrected chi connectivity index (χ1v) is 8.49. The monoisotopic (exact) mass is 395 g/mol. The number of thioether (sulfide) groups is 1. The maximum atomic E-state index is 12.5. The number of pyridine rings is 1. The van der Waals surface area contributed by atoms with Gasteiger partial charge in [0.25, 0.3) is 0 Å². The summed E-state index contributed by atoms with van der Waals surface area (Å²) < 4.78 is 37.6. The number of halogens is 4. The van der Waals surface area contributed by atoms with E-state index in [4.69, 9.17) is 11.6 Å². The number of nitrogens with zero attached hydrogens (tertiary/aromatic N) is 2. The number of hydrogen-bond donors (Lipinski definition) is 1. The summed E-state index contributed by atoms with van der Waals surface area (Å²) in [4.78, 5) is 39.7. The molecule has 25 heavy (non-hydrogen) atoms. The molecule has 0 unspecified atom stereocenters. The molecule has 2 rings (SSSR count). The van der Waals surface area contributed by atoms with E-state index >= 15 is 0 Å². The topological polar surface area (TPSA) is 79.4 Å². The third-order valence-corrected chi connectivity index (χ3v) is 4.66. The molecule has 3 amide bonds. The van der Waals surface area contributed by atoms with Crippen LogP contribution in [0, 0.1) is 0 Å². The van der Waals surface area contributed by atoms with Crippen LogP contribution in [-0.2, 0) is 20.6 Å². The number of aromatic nitrogens is 1. The van der Waals surface area contributed by atoms with Gasteiger partial charge >= 0.3 is 6.18 Å². The van der Waals surface area contributed by atoms with Crippen LogP contribution in [0.4, 0.5) is 13.2 Å². The lowest BCUT2D eigenvalue weighted by Gasteiger charge is -2.14. The number of amides is 3. The average molecular weight is 396 g/mol. The second kappa shape index (κ2) is 8.05. The quantitative estimate of drug-likeness (QED) is 0.772. The Balaban J connectivity index is 1.83. The van der Waals surface area contributed by atoms with E-state index in [-0.39, 0.29) is 28.3 Å². The summed E-state index contributed by atoms with van der Waals surface area (Å²) in [6.07, 6.45) is -2.88. The SMILES string of the molecule is O=C(CSc1ncc(C(F)(F)F)cc1Cl)NC(=O)CN1CCCC1=O. The van der Waals surface area contributed by atoms with Crippen LogP contribution in [-0.4, -0.2) is 46.4 Å². The van der Waals surface area contributed by atoms with Crippen LogP contribution < -0.4 is 5.32 Å². The summed E-state index contributed by atoms with van der Waals surface area (Å²) in [5.41, 5.74) is -0.989. The van der Waals surface area contributed by atoms with Crippen LogP contribution in [0.1, 0.15) is 18.4 Å². The van der Waals surface area contributed by atoms with E-state index in [9.17, 15) is 27.6 Å². The molecule has 1 aromatic heterocycles. The van der Waals surface area contributed by atoms with Gasteiger partial charge in [0.15, 0.2) is 0 Å². The van der Waals surface area contributed by atoms with Crippen LogP contribution in [0.5, 0.6) is 0 Å². The van der Waals surface area contributed by atoms with Crippen molar-refractivity contribution < 1.29 is 27.6 Å². The van der Waals surface area contributed by atoms with E-state index in [0.717, 1.165) is 17.8 Å². The smallest absolute Gasteiger partial charge is 0.333 e. The first kappa shape index (κ1) is 19.5. The predicted molar refractivity (Wildman–Crippen MR) is 83.9 cm³/mol. The Morgan fingerprint density at radius 2 is 2.08 bits per heavy atom. The minimum atomic E-state index is -4.56. The van der Waals surface area contributed by atoms with Crippen molar-refractivity contribution in [2.24, 2.45) is 0 Å². The second-order valence-electron chi connectivity index (χ2n) is 5.19. The highest BCUT2D eigenvalue weighted by Gasteiger charge is 2.31. The maximum absolute atomic E-state index is 12.5. The summed E-state index contributed by atoms with van der Waals surface area (Å²) in [6, 6.07) is 0.721. The molecule has 1 saturated heterocycles. The minimum absolute atomic E-state index is 0.0481. The van der Waals surface area contributed by atoms with Crippen molar-refractivity contribution in [2.45, 2.75) is 24.0 Å². The van der Waals surface area contributed by atoms with Crippen LogP contribution >= 0.6 is 23.4 Å². The molecule has 6 nitrogen and oxygen atoms in total.